The molecule has 4 N–H and O–H groups in total. The number of aromatic amines is 1. The summed E-state index contributed by atoms with van der Waals surface area (Å²) in [5, 5.41) is 3.26. The summed E-state index contributed by atoms with van der Waals surface area (Å²) in [6.45, 7) is 4.21. The Morgan fingerprint density at radius 2 is 2.20 bits per heavy atom. The van der Waals surface area contributed by atoms with Crippen molar-refractivity contribution in [3.63, 3.8) is 0 Å². The highest BCUT2D eigenvalue weighted by Gasteiger charge is 2.13. The van der Waals surface area contributed by atoms with Crippen molar-refractivity contribution in [1.29, 1.82) is 0 Å². The zero-order chi connectivity index (χ0) is 17.8. The van der Waals surface area contributed by atoms with E-state index in [1.165, 1.54) is 4.57 Å². The van der Waals surface area contributed by atoms with E-state index in [1.807, 2.05) is 12.1 Å². The lowest BCUT2D eigenvalue weighted by Gasteiger charge is -2.06. The van der Waals surface area contributed by atoms with Gasteiger partial charge in [-0.3, -0.25) is 9.55 Å². The maximum atomic E-state index is 12.2. The molecule has 0 unspecified atom stereocenters. The van der Waals surface area contributed by atoms with Gasteiger partial charge < -0.3 is 20.8 Å². The molecule has 25 heavy (non-hydrogen) atoms. The van der Waals surface area contributed by atoms with Crippen LogP contribution in [0.25, 0.3) is 11.2 Å². The fraction of sp³-hybridized carbons (Fsp3) is 0.375. The summed E-state index contributed by atoms with van der Waals surface area (Å²) in [6, 6.07) is 3.88. The summed E-state index contributed by atoms with van der Waals surface area (Å²) in [4.78, 5) is 27.7. The summed E-state index contributed by atoms with van der Waals surface area (Å²) in [5.74, 6) is 0.784. The molecule has 0 amide bonds. The van der Waals surface area contributed by atoms with Gasteiger partial charge >= 0.3 is 5.69 Å². The monoisotopic (exact) mass is 343 g/mol. The third kappa shape index (κ3) is 3.83. The molecule has 9 heteroatoms. The smallest absolute Gasteiger partial charge is 0.328 e. The molecule has 0 bridgehead atoms. The number of nitrogen functional groups attached to an aromatic ring is 1. The molecule has 132 valence electrons. The van der Waals surface area contributed by atoms with Gasteiger partial charge in [0.2, 0.25) is 0 Å². The Balaban J connectivity index is 1.77. The normalized spacial score (nSPS) is 11.3. The minimum Gasteiger partial charge on any atom is -0.383 e. The lowest BCUT2D eigenvalue weighted by molar-refractivity contribution is 0.199. The second-order valence-corrected chi connectivity index (χ2v) is 5.70. The molecule has 0 aliphatic rings. The molecule has 9 nitrogen and oxygen atoms in total. The van der Waals surface area contributed by atoms with Gasteiger partial charge in [-0.2, -0.15) is 0 Å². The quantitative estimate of drug-likeness (QED) is 0.523. The number of anilines is 1. The van der Waals surface area contributed by atoms with Crippen molar-refractivity contribution in [2.45, 2.75) is 20.0 Å². The van der Waals surface area contributed by atoms with Crippen LogP contribution in [-0.2, 0) is 17.8 Å². The predicted octanol–water partition coefficient (Wildman–Crippen LogP) is 0.190. The molecule has 0 spiro atoms. The molecule has 0 saturated heterocycles. The van der Waals surface area contributed by atoms with Crippen LogP contribution < -0.4 is 16.7 Å². The van der Waals surface area contributed by atoms with E-state index in [-0.39, 0.29) is 11.5 Å². The summed E-state index contributed by atoms with van der Waals surface area (Å²) < 4.78 is 6.50. The number of nitrogens with zero attached hydrogens (tertiary/aromatic N) is 4. The number of hydrogen-bond donors (Lipinski definition) is 3. The molecule has 3 aromatic rings. The van der Waals surface area contributed by atoms with Gasteiger partial charge in [-0.25, -0.2) is 14.8 Å². The number of methoxy groups -OCH3 is 1. The van der Waals surface area contributed by atoms with E-state index >= 15 is 0 Å². The lowest BCUT2D eigenvalue weighted by Crippen LogP contribution is -2.19. The molecule has 0 aliphatic carbocycles. The molecular formula is C16H21N7O2. The average Bonchev–Trinajstić information content (AvgIpc) is 2.90. The van der Waals surface area contributed by atoms with Gasteiger partial charge in [0.1, 0.15) is 11.3 Å². The predicted molar refractivity (Wildman–Crippen MR) is 94.2 cm³/mol. The molecule has 0 aliphatic heterocycles. The summed E-state index contributed by atoms with van der Waals surface area (Å²) in [6.07, 6.45) is 1.80. The minimum absolute atomic E-state index is 0.267. The Labute approximate surface area is 144 Å². The van der Waals surface area contributed by atoms with Crippen LogP contribution in [0.1, 0.15) is 17.1 Å². The van der Waals surface area contributed by atoms with Crippen LogP contribution in [0.4, 0.5) is 5.82 Å². The first-order valence-corrected chi connectivity index (χ1v) is 7.94. The van der Waals surface area contributed by atoms with E-state index in [4.69, 9.17) is 10.5 Å². The third-order valence-electron chi connectivity index (χ3n) is 3.78. The van der Waals surface area contributed by atoms with Crippen molar-refractivity contribution >= 4 is 17.0 Å². The maximum absolute atomic E-state index is 12.2. The summed E-state index contributed by atoms with van der Waals surface area (Å²) >= 11 is 0. The van der Waals surface area contributed by atoms with Crippen LogP contribution in [0.3, 0.4) is 0 Å². The van der Waals surface area contributed by atoms with Crippen LogP contribution >= 0.6 is 0 Å². The van der Waals surface area contributed by atoms with Gasteiger partial charge in [0, 0.05) is 26.4 Å². The van der Waals surface area contributed by atoms with Crippen molar-refractivity contribution < 1.29 is 4.74 Å². The van der Waals surface area contributed by atoms with Crippen molar-refractivity contribution in [2.75, 3.05) is 26.0 Å². The van der Waals surface area contributed by atoms with Crippen molar-refractivity contribution in [1.82, 2.24) is 29.8 Å². The van der Waals surface area contributed by atoms with Crippen LogP contribution in [0.2, 0.25) is 0 Å². The van der Waals surface area contributed by atoms with Gasteiger partial charge in [0.05, 0.1) is 18.8 Å². The zero-order valence-corrected chi connectivity index (χ0v) is 14.2. The molecule has 0 aromatic carbocycles. The summed E-state index contributed by atoms with van der Waals surface area (Å²) in [7, 11) is 1.67. The zero-order valence-electron chi connectivity index (χ0n) is 14.2. The number of imidazole rings is 1. The third-order valence-corrected chi connectivity index (χ3v) is 3.78. The van der Waals surface area contributed by atoms with E-state index < -0.39 is 0 Å². The highest BCUT2D eigenvalue weighted by Crippen LogP contribution is 2.14. The number of ether oxygens (including phenoxy) is 1. The second kappa shape index (κ2) is 7.41. The van der Waals surface area contributed by atoms with Gasteiger partial charge in [-0.15, -0.1) is 0 Å². The first kappa shape index (κ1) is 17.1. The molecule has 3 rings (SSSR count). The highest BCUT2D eigenvalue weighted by atomic mass is 16.5. The molecule has 3 aromatic heterocycles. The van der Waals surface area contributed by atoms with Crippen LogP contribution in [0.5, 0.6) is 0 Å². The number of aromatic nitrogens is 5. The van der Waals surface area contributed by atoms with Gasteiger partial charge in [0.25, 0.3) is 0 Å². The molecular weight excluding hydrogens is 322 g/mol. The number of nitrogens with one attached hydrogen (secondary N) is 2. The van der Waals surface area contributed by atoms with Crippen LogP contribution in [0, 0.1) is 6.92 Å². The Morgan fingerprint density at radius 1 is 1.36 bits per heavy atom. The van der Waals surface area contributed by atoms with Gasteiger partial charge in [-0.05, 0) is 18.6 Å². The topological polar surface area (TPSA) is 124 Å². The first-order valence-electron chi connectivity index (χ1n) is 7.94. The van der Waals surface area contributed by atoms with E-state index in [0.29, 0.717) is 36.7 Å². The number of H-pyrrole nitrogens is 1. The number of pyridine rings is 1. The largest absolute Gasteiger partial charge is 0.383 e. The van der Waals surface area contributed by atoms with E-state index in [0.717, 1.165) is 17.8 Å². The van der Waals surface area contributed by atoms with Gasteiger partial charge in [-0.1, -0.05) is 6.07 Å². The van der Waals surface area contributed by atoms with Crippen molar-refractivity contribution in [3.8, 4) is 0 Å². The minimum atomic E-state index is -0.284. The Bertz CT molecular complexity index is 915. The SMILES string of the molecule is COCCNCc1ccc(Cn2c(=O)[nH]c3c(N)nc(C)nc32)nc1. The second-order valence-electron chi connectivity index (χ2n) is 5.70. The van der Waals surface area contributed by atoms with Gasteiger partial charge in [0.15, 0.2) is 11.5 Å². The Morgan fingerprint density at radius 3 is 2.92 bits per heavy atom. The maximum Gasteiger partial charge on any atom is 0.328 e. The molecule has 3 heterocycles. The number of rotatable bonds is 7. The standard InChI is InChI=1S/C16H21N7O2/c1-10-20-14(17)13-15(21-10)23(16(24)22-13)9-12-4-3-11(8-19-12)7-18-5-6-25-2/h3-4,8,18H,5-7,9H2,1-2H3,(H,22,24)(H2,17,20,21). The molecule has 0 radical (unpaired) electrons. The fourth-order valence-corrected chi connectivity index (χ4v) is 2.53. The number of fused-ring (bicyclic) bond motifs is 1. The Hall–Kier alpha value is -2.78. The average molecular weight is 343 g/mol. The summed E-state index contributed by atoms with van der Waals surface area (Å²) in [5.41, 5.74) is 8.34. The van der Waals surface area contributed by atoms with E-state index in [2.05, 4.69) is 25.3 Å². The number of nitrogens with two attached hydrogens (primary N) is 1. The molecule has 0 atom stereocenters. The number of aryl methyl sites for hydroxylation is 1. The number of hydrogen-bond acceptors (Lipinski definition) is 7. The van der Waals surface area contributed by atoms with E-state index in [9.17, 15) is 4.79 Å². The van der Waals surface area contributed by atoms with E-state index in [1.54, 1.807) is 20.2 Å². The van der Waals surface area contributed by atoms with Crippen molar-refractivity contribution in [2.24, 2.45) is 0 Å². The van der Waals surface area contributed by atoms with Crippen LogP contribution in [-0.4, -0.2) is 44.8 Å². The molecule has 0 fully saturated rings. The first-order chi connectivity index (χ1) is 12.1. The lowest BCUT2D eigenvalue weighted by atomic mass is 10.2. The molecule has 0 saturated carbocycles. The van der Waals surface area contributed by atoms with Crippen LogP contribution in [0.15, 0.2) is 23.1 Å². The fourth-order valence-electron chi connectivity index (χ4n) is 2.53. The highest BCUT2D eigenvalue weighted by molar-refractivity contribution is 5.81. The van der Waals surface area contributed by atoms with Crippen molar-refractivity contribution in [3.05, 3.63) is 45.9 Å². The Kier molecular flexibility index (Phi) is 5.05.